The van der Waals surface area contributed by atoms with Gasteiger partial charge in [-0.1, -0.05) is 60.2 Å². The van der Waals surface area contributed by atoms with Crippen LogP contribution < -0.4 is 0 Å². The molecule has 1 unspecified atom stereocenters. The van der Waals surface area contributed by atoms with Gasteiger partial charge in [0.15, 0.2) is 0 Å². The zero-order valence-corrected chi connectivity index (χ0v) is 11.8. The summed E-state index contributed by atoms with van der Waals surface area (Å²) in [5.74, 6) is 1.41. The van der Waals surface area contributed by atoms with Crippen molar-refractivity contribution in [2.24, 2.45) is 0 Å². The molecule has 0 nitrogen and oxygen atoms in total. The first-order chi connectivity index (χ1) is 6.91. The molecule has 0 aliphatic heterocycles. The molecule has 2 heteroatoms. The first-order valence-corrected chi connectivity index (χ1v) is 9.18. The Labute approximate surface area is 96.5 Å². The van der Waals surface area contributed by atoms with Gasteiger partial charge in [0, 0.05) is 0 Å². The maximum Gasteiger partial charge on any atom is -0.00284 e. The average Bonchev–Trinajstić information content (AvgIpc) is 2.21. The summed E-state index contributed by atoms with van der Waals surface area (Å²) in [6, 6.07) is 0. The van der Waals surface area contributed by atoms with Crippen LogP contribution in [0.2, 0.25) is 0 Å². The standard InChI is InChI=1S/C12H27PS/c1-3-5-7-8-9-10-12-14-13-11-6-4-2/h13H,3-12H2,1-2H3. The molecule has 1 atom stereocenters. The minimum absolute atomic E-state index is 1.17. The smallest absolute Gasteiger partial charge is 0.00284 e. The monoisotopic (exact) mass is 234 g/mol. The summed E-state index contributed by atoms with van der Waals surface area (Å²) >= 11 is 2.18. The van der Waals surface area contributed by atoms with Gasteiger partial charge in [0.1, 0.15) is 0 Å². The summed E-state index contributed by atoms with van der Waals surface area (Å²) < 4.78 is 0. The van der Waals surface area contributed by atoms with Crippen LogP contribution in [0.5, 0.6) is 0 Å². The van der Waals surface area contributed by atoms with Gasteiger partial charge < -0.3 is 0 Å². The van der Waals surface area contributed by atoms with Crippen LogP contribution in [0.1, 0.15) is 65.2 Å². The summed E-state index contributed by atoms with van der Waals surface area (Å²) in [6.07, 6.45) is 12.9. The van der Waals surface area contributed by atoms with Crippen LogP contribution in [-0.2, 0) is 0 Å². The van der Waals surface area contributed by atoms with E-state index in [1.54, 1.807) is 0 Å². The van der Waals surface area contributed by atoms with Crippen LogP contribution in [0.25, 0.3) is 0 Å². The normalized spacial score (nSPS) is 11.6. The van der Waals surface area contributed by atoms with E-state index in [0.717, 1.165) is 0 Å². The van der Waals surface area contributed by atoms with Gasteiger partial charge in [0.05, 0.1) is 0 Å². The van der Waals surface area contributed by atoms with Crippen LogP contribution >= 0.6 is 19.2 Å². The second kappa shape index (κ2) is 13.8. The van der Waals surface area contributed by atoms with E-state index in [2.05, 4.69) is 25.2 Å². The Kier molecular flexibility index (Phi) is 14.5. The lowest BCUT2D eigenvalue weighted by Crippen LogP contribution is -1.80. The maximum absolute atomic E-state index is 2.28. The second-order valence-electron chi connectivity index (χ2n) is 3.86. The van der Waals surface area contributed by atoms with Gasteiger partial charge in [-0.25, -0.2) is 0 Å². The Morgan fingerprint density at radius 1 is 0.786 bits per heavy atom. The van der Waals surface area contributed by atoms with Gasteiger partial charge in [0.2, 0.25) is 0 Å². The van der Waals surface area contributed by atoms with Crippen molar-refractivity contribution in [3.05, 3.63) is 0 Å². The molecule has 0 amide bonds. The van der Waals surface area contributed by atoms with E-state index in [4.69, 9.17) is 0 Å². The Morgan fingerprint density at radius 3 is 2.14 bits per heavy atom. The summed E-state index contributed by atoms with van der Waals surface area (Å²) in [5, 5.41) is 0. The molecular weight excluding hydrogens is 207 g/mol. The van der Waals surface area contributed by atoms with Gasteiger partial charge in [-0.2, -0.15) is 0 Å². The molecule has 0 aliphatic rings. The van der Waals surface area contributed by atoms with Crippen LogP contribution in [0, 0.1) is 0 Å². The van der Waals surface area contributed by atoms with Crippen molar-refractivity contribution < 1.29 is 0 Å². The molecular formula is C12H27PS. The zero-order chi connectivity index (χ0) is 10.5. The van der Waals surface area contributed by atoms with E-state index >= 15 is 0 Å². The SMILES string of the molecule is CCCCCCCCSPCCCC. The molecule has 0 saturated carbocycles. The van der Waals surface area contributed by atoms with Crippen molar-refractivity contribution in [3.63, 3.8) is 0 Å². The Morgan fingerprint density at radius 2 is 1.43 bits per heavy atom. The highest BCUT2D eigenvalue weighted by Gasteiger charge is 1.91. The van der Waals surface area contributed by atoms with E-state index in [0.29, 0.717) is 0 Å². The third kappa shape index (κ3) is 12.8. The van der Waals surface area contributed by atoms with Crippen LogP contribution in [0.3, 0.4) is 0 Å². The summed E-state index contributed by atoms with van der Waals surface area (Å²) in [5.41, 5.74) is 0. The van der Waals surface area contributed by atoms with E-state index < -0.39 is 0 Å². The minimum Gasteiger partial charge on any atom is -0.138 e. The molecule has 0 aliphatic carbocycles. The molecule has 0 rings (SSSR count). The fourth-order valence-electron chi connectivity index (χ4n) is 1.35. The number of hydrogen-bond donors (Lipinski definition) is 0. The van der Waals surface area contributed by atoms with Crippen molar-refractivity contribution in [1.29, 1.82) is 0 Å². The Bertz CT molecular complexity index is 84.3. The first-order valence-electron chi connectivity index (χ1n) is 6.26. The minimum atomic E-state index is 1.17. The first kappa shape index (κ1) is 14.8. The van der Waals surface area contributed by atoms with Gasteiger partial charge in [-0.3, -0.25) is 0 Å². The van der Waals surface area contributed by atoms with Gasteiger partial charge in [-0.05, 0) is 24.8 Å². The molecule has 0 saturated heterocycles. The molecule has 0 fully saturated rings. The van der Waals surface area contributed by atoms with Crippen LogP contribution in [-0.4, -0.2) is 11.9 Å². The third-order valence-corrected chi connectivity index (χ3v) is 5.43. The predicted molar refractivity (Wildman–Crippen MR) is 73.9 cm³/mol. The fourth-order valence-corrected chi connectivity index (χ4v) is 4.21. The molecule has 0 aromatic rings. The number of rotatable bonds is 11. The van der Waals surface area contributed by atoms with E-state index in [1.807, 2.05) is 0 Å². The highest BCUT2D eigenvalue weighted by atomic mass is 32.7. The molecule has 0 bridgehead atoms. The molecule has 0 aromatic carbocycles. The lowest BCUT2D eigenvalue weighted by Gasteiger charge is -2.01. The average molecular weight is 234 g/mol. The van der Waals surface area contributed by atoms with Crippen molar-refractivity contribution in [1.82, 2.24) is 0 Å². The molecule has 0 aromatic heterocycles. The van der Waals surface area contributed by atoms with Gasteiger partial charge in [0.25, 0.3) is 0 Å². The largest absolute Gasteiger partial charge is 0.138 e. The molecule has 0 radical (unpaired) electrons. The maximum atomic E-state index is 2.28. The van der Waals surface area contributed by atoms with Crippen molar-refractivity contribution >= 4 is 19.2 Å². The number of hydrogen-bond acceptors (Lipinski definition) is 1. The van der Waals surface area contributed by atoms with E-state index in [1.165, 1.54) is 71.1 Å². The van der Waals surface area contributed by atoms with Crippen LogP contribution in [0.4, 0.5) is 0 Å². The molecule has 14 heavy (non-hydrogen) atoms. The second-order valence-corrected chi connectivity index (χ2v) is 7.08. The van der Waals surface area contributed by atoms with Crippen molar-refractivity contribution in [3.8, 4) is 0 Å². The Balaban J connectivity index is 2.78. The topological polar surface area (TPSA) is 0 Å². The van der Waals surface area contributed by atoms with Gasteiger partial charge >= 0.3 is 0 Å². The number of unbranched alkanes of at least 4 members (excludes halogenated alkanes) is 6. The van der Waals surface area contributed by atoms with Crippen LogP contribution in [0.15, 0.2) is 0 Å². The Hall–Kier alpha value is 0.780. The van der Waals surface area contributed by atoms with Crippen molar-refractivity contribution in [2.75, 3.05) is 11.9 Å². The van der Waals surface area contributed by atoms with Gasteiger partial charge in [-0.15, -0.1) is 11.4 Å². The molecule has 0 spiro atoms. The quantitative estimate of drug-likeness (QED) is 0.337. The zero-order valence-electron chi connectivity index (χ0n) is 9.98. The predicted octanol–water partition coefficient (Wildman–Crippen LogP) is 5.47. The van der Waals surface area contributed by atoms with E-state index in [-0.39, 0.29) is 0 Å². The molecule has 0 N–H and O–H groups in total. The molecule has 86 valence electrons. The highest BCUT2D eigenvalue weighted by molar-refractivity contribution is 8.49. The van der Waals surface area contributed by atoms with Crippen molar-refractivity contribution in [2.45, 2.75) is 65.2 Å². The summed E-state index contributed by atoms with van der Waals surface area (Å²) in [4.78, 5) is 0. The fraction of sp³-hybridized carbons (Fsp3) is 1.00. The third-order valence-electron chi connectivity index (χ3n) is 2.33. The summed E-state index contributed by atoms with van der Waals surface area (Å²) in [6.45, 7) is 4.56. The highest BCUT2D eigenvalue weighted by Crippen LogP contribution is 2.31. The molecule has 0 heterocycles. The summed E-state index contributed by atoms with van der Waals surface area (Å²) in [7, 11) is 1.17. The lowest BCUT2D eigenvalue weighted by atomic mass is 10.1. The lowest BCUT2D eigenvalue weighted by molar-refractivity contribution is 0.627. The van der Waals surface area contributed by atoms with E-state index in [9.17, 15) is 0 Å².